The molecule has 2 rings (SSSR count). The Bertz CT molecular complexity index is 639. The number of nitrogens with one attached hydrogen (secondary N) is 1. The van der Waals surface area contributed by atoms with Gasteiger partial charge in [-0.05, 0) is 23.5 Å². The van der Waals surface area contributed by atoms with Gasteiger partial charge in [0.1, 0.15) is 0 Å². The van der Waals surface area contributed by atoms with Crippen LogP contribution in [0.3, 0.4) is 0 Å². The number of rotatable bonds is 7. The summed E-state index contributed by atoms with van der Waals surface area (Å²) in [6.45, 7) is 2.52. The quantitative estimate of drug-likeness (QED) is 0.854. The second kappa shape index (κ2) is 7.38. The Hall–Kier alpha value is -1.65. The van der Waals surface area contributed by atoms with Crippen LogP contribution in [-0.4, -0.2) is 15.0 Å². The van der Waals surface area contributed by atoms with Crippen LogP contribution in [0.15, 0.2) is 60.7 Å². The highest BCUT2D eigenvalue weighted by Gasteiger charge is 2.13. The molecule has 0 bridgehead atoms. The lowest BCUT2D eigenvalue weighted by molar-refractivity contribution is 0.536. The number of hydrogen-bond donors (Lipinski definition) is 1. The van der Waals surface area contributed by atoms with Gasteiger partial charge >= 0.3 is 0 Å². The summed E-state index contributed by atoms with van der Waals surface area (Å²) in [7, 11) is -3.27. The fourth-order valence-electron chi connectivity index (χ4n) is 2.20. The van der Waals surface area contributed by atoms with Crippen LogP contribution in [0.1, 0.15) is 18.1 Å². The van der Waals surface area contributed by atoms with Gasteiger partial charge in [0.2, 0.25) is 10.0 Å². The molecule has 0 aliphatic rings. The van der Waals surface area contributed by atoms with Crippen LogP contribution in [-0.2, 0) is 22.2 Å². The normalized spacial score (nSPS) is 13.0. The first-order valence-corrected chi connectivity index (χ1v) is 8.75. The predicted octanol–water partition coefficient (Wildman–Crippen LogP) is 2.98. The van der Waals surface area contributed by atoms with E-state index >= 15 is 0 Å². The van der Waals surface area contributed by atoms with Crippen molar-refractivity contribution >= 4 is 10.0 Å². The molecular weight excluding hydrogens is 282 g/mol. The summed E-state index contributed by atoms with van der Waals surface area (Å²) in [5.41, 5.74) is 2.04. The van der Waals surface area contributed by atoms with Crippen molar-refractivity contribution in [2.45, 2.75) is 19.1 Å². The molecule has 0 fully saturated rings. The second-order valence-corrected chi connectivity index (χ2v) is 7.19. The third-order valence-corrected chi connectivity index (χ3v) is 4.60. The van der Waals surface area contributed by atoms with Crippen LogP contribution in [0.2, 0.25) is 0 Å². The molecule has 0 amide bonds. The van der Waals surface area contributed by atoms with Gasteiger partial charge in [-0.25, -0.2) is 13.1 Å². The molecular formula is C17H21NO2S. The summed E-state index contributed by atoms with van der Waals surface area (Å²) < 4.78 is 26.8. The van der Waals surface area contributed by atoms with E-state index in [-0.39, 0.29) is 11.7 Å². The lowest BCUT2D eigenvalue weighted by Crippen LogP contribution is -2.30. The summed E-state index contributed by atoms with van der Waals surface area (Å²) in [4.78, 5) is 0. The fourth-order valence-corrected chi connectivity index (χ4v) is 3.47. The van der Waals surface area contributed by atoms with Crippen molar-refractivity contribution in [3.8, 4) is 0 Å². The Morgan fingerprint density at radius 1 is 0.905 bits per heavy atom. The van der Waals surface area contributed by atoms with E-state index in [9.17, 15) is 8.42 Å². The van der Waals surface area contributed by atoms with Crippen LogP contribution in [0.25, 0.3) is 0 Å². The first-order valence-electron chi connectivity index (χ1n) is 7.10. The molecule has 1 unspecified atom stereocenters. The molecule has 1 atom stereocenters. The van der Waals surface area contributed by atoms with Gasteiger partial charge in [0.15, 0.2) is 0 Å². The molecule has 0 heterocycles. The molecule has 0 aromatic heterocycles. The topological polar surface area (TPSA) is 46.2 Å². The van der Waals surface area contributed by atoms with Crippen LogP contribution in [0.5, 0.6) is 0 Å². The summed E-state index contributed by atoms with van der Waals surface area (Å²) >= 11 is 0. The Morgan fingerprint density at radius 2 is 1.43 bits per heavy atom. The maximum absolute atomic E-state index is 12.0. The molecule has 4 heteroatoms. The van der Waals surface area contributed by atoms with Gasteiger partial charge in [-0.2, -0.15) is 0 Å². The molecule has 112 valence electrons. The highest BCUT2D eigenvalue weighted by Crippen LogP contribution is 2.09. The third-order valence-electron chi connectivity index (χ3n) is 3.28. The van der Waals surface area contributed by atoms with Crippen molar-refractivity contribution in [2.75, 3.05) is 6.54 Å². The molecule has 0 saturated carbocycles. The van der Waals surface area contributed by atoms with Gasteiger partial charge in [-0.15, -0.1) is 0 Å². The molecule has 21 heavy (non-hydrogen) atoms. The maximum Gasteiger partial charge on any atom is 0.215 e. The van der Waals surface area contributed by atoms with Crippen LogP contribution in [0.4, 0.5) is 0 Å². The summed E-state index contributed by atoms with van der Waals surface area (Å²) in [6, 6.07) is 19.3. The molecule has 0 aliphatic carbocycles. The third kappa shape index (κ3) is 5.69. The SMILES string of the molecule is CC(CNS(=O)(=O)Cc1ccccc1)Cc1ccccc1. The minimum absolute atomic E-state index is 0.0336. The highest BCUT2D eigenvalue weighted by atomic mass is 32.2. The standard InChI is InChI=1S/C17H21NO2S/c1-15(12-16-8-4-2-5-9-16)13-18-21(19,20)14-17-10-6-3-7-11-17/h2-11,15,18H,12-14H2,1H3. The van der Waals surface area contributed by atoms with E-state index in [1.54, 1.807) is 0 Å². The van der Waals surface area contributed by atoms with Crippen molar-refractivity contribution in [1.29, 1.82) is 0 Å². The van der Waals surface area contributed by atoms with Crippen LogP contribution in [0, 0.1) is 5.92 Å². The van der Waals surface area contributed by atoms with Crippen molar-refractivity contribution in [3.63, 3.8) is 0 Å². The van der Waals surface area contributed by atoms with Crippen LogP contribution >= 0.6 is 0 Å². The molecule has 0 spiro atoms. The predicted molar refractivity (Wildman–Crippen MR) is 86.4 cm³/mol. The van der Waals surface area contributed by atoms with Gasteiger partial charge in [0.25, 0.3) is 0 Å². The summed E-state index contributed by atoms with van der Waals surface area (Å²) in [6.07, 6.45) is 0.870. The average molecular weight is 303 g/mol. The van der Waals surface area contributed by atoms with Gasteiger partial charge in [-0.1, -0.05) is 67.6 Å². The summed E-state index contributed by atoms with van der Waals surface area (Å²) in [5, 5.41) is 0. The number of hydrogen-bond acceptors (Lipinski definition) is 2. The van der Waals surface area contributed by atoms with E-state index in [1.165, 1.54) is 5.56 Å². The fraction of sp³-hybridized carbons (Fsp3) is 0.294. The zero-order valence-electron chi connectivity index (χ0n) is 12.2. The minimum Gasteiger partial charge on any atom is -0.215 e. The molecule has 0 radical (unpaired) electrons. The first-order chi connectivity index (χ1) is 10.1. The van der Waals surface area contributed by atoms with Crippen molar-refractivity contribution in [1.82, 2.24) is 4.72 Å². The Kier molecular flexibility index (Phi) is 5.53. The Labute approximate surface area is 127 Å². The molecule has 2 aromatic rings. The van der Waals surface area contributed by atoms with Crippen LogP contribution < -0.4 is 4.72 Å². The van der Waals surface area contributed by atoms with Gasteiger partial charge in [-0.3, -0.25) is 0 Å². The monoisotopic (exact) mass is 303 g/mol. The van der Waals surface area contributed by atoms with Gasteiger partial charge in [0.05, 0.1) is 5.75 Å². The Balaban J connectivity index is 1.84. The zero-order valence-corrected chi connectivity index (χ0v) is 13.0. The van der Waals surface area contributed by atoms with Gasteiger partial charge < -0.3 is 0 Å². The number of benzene rings is 2. The first kappa shape index (κ1) is 15.7. The minimum atomic E-state index is -3.27. The van der Waals surface area contributed by atoms with Crippen molar-refractivity contribution in [3.05, 3.63) is 71.8 Å². The van der Waals surface area contributed by atoms with E-state index in [4.69, 9.17) is 0 Å². The molecule has 3 nitrogen and oxygen atoms in total. The molecule has 0 saturated heterocycles. The molecule has 0 aliphatic heterocycles. The zero-order chi connectivity index (χ0) is 15.1. The maximum atomic E-state index is 12.0. The van der Waals surface area contributed by atoms with Gasteiger partial charge in [0, 0.05) is 6.54 Å². The molecule has 2 aromatic carbocycles. The van der Waals surface area contributed by atoms with E-state index in [0.717, 1.165) is 12.0 Å². The van der Waals surface area contributed by atoms with Crippen molar-refractivity contribution in [2.24, 2.45) is 5.92 Å². The smallest absolute Gasteiger partial charge is 0.215 e. The van der Waals surface area contributed by atoms with E-state index in [0.29, 0.717) is 6.54 Å². The second-order valence-electron chi connectivity index (χ2n) is 5.39. The Morgan fingerprint density at radius 3 is 2.00 bits per heavy atom. The van der Waals surface area contributed by atoms with E-state index in [1.807, 2.05) is 48.5 Å². The highest BCUT2D eigenvalue weighted by molar-refractivity contribution is 7.88. The summed E-state index contributed by atoms with van der Waals surface area (Å²) in [5.74, 6) is 0.296. The van der Waals surface area contributed by atoms with E-state index in [2.05, 4.69) is 23.8 Å². The average Bonchev–Trinajstić information content (AvgIpc) is 2.47. The number of sulfonamides is 1. The molecule has 1 N–H and O–H groups in total. The lowest BCUT2D eigenvalue weighted by Gasteiger charge is -2.13. The largest absolute Gasteiger partial charge is 0.215 e. The van der Waals surface area contributed by atoms with E-state index < -0.39 is 10.0 Å². The lowest BCUT2D eigenvalue weighted by atomic mass is 10.0. The van der Waals surface area contributed by atoms with Crippen molar-refractivity contribution < 1.29 is 8.42 Å².